The van der Waals surface area contributed by atoms with Gasteiger partial charge in [0.1, 0.15) is 0 Å². The van der Waals surface area contributed by atoms with Crippen LogP contribution < -0.4 is 0 Å². The lowest BCUT2D eigenvalue weighted by molar-refractivity contribution is 0.881. The lowest BCUT2D eigenvalue weighted by Crippen LogP contribution is -1.94. The zero-order valence-corrected chi connectivity index (χ0v) is 7.86. The molecule has 5 heteroatoms. The number of hydrogen-bond acceptors (Lipinski definition) is 4. The smallest absolute Gasteiger partial charge is 0.178 e. The quantitative estimate of drug-likeness (QED) is 0.694. The Morgan fingerprint density at radius 3 is 3.00 bits per heavy atom. The first-order valence-corrected chi connectivity index (χ1v) is 4.20. The second kappa shape index (κ2) is 5.18. The van der Waals surface area contributed by atoms with E-state index in [0.29, 0.717) is 12.2 Å². The van der Waals surface area contributed by atoms with Crippen molar-refractivity contribution >= 4 is 6.21 Å². The van der Waals surface area contributed by atoms with Crippen LogP contribution >= 0.6 is 0 Å². The standard InChI is InChI=1S/C8H13N5/c1-3-4-7(6-9-2)5-8-10-12-13-11-8/h4,6H,3,5H2,1-2H3,(H,10,11,12,13)/b7-4-,9-6?. The molecule has 5 nitrogen and oxygen atoms in total. The molecule has 1 heterocycles. The first-order valence-electron chi connectivity index (χ1n) is 4.20. The number of tetrazole rings is 1. The van der Waals surface area contributed by atoms with Crippen molar-refractivity contribution in [3.8, 4) is 0 Å². The zero-order valence-electron chi connectivity index (χ0n) is 7.86. The van der Waals surface area contributed by atoms with Gasteiger partial charge in [0.15, 0.2) is 5.82 Å². The molecule has 0 saturated heterocycles. The number of aromatic nitrogens is 4. The van der Waals surface area contributed by atoms with Gasteiger partial charge in [0, 0.05) is 19.7 Å². The molecule has 0 aliphatic heterocycles. The lowest BCUT2D eigenvalue weighted by atomic mass is 10.1. The van der Waals surface area contributed by atoms with Gasteiger partial charge in [0.25, 0.3) is 0 Å². The van der Waals surface area contributed by atoms with Crippen LogP contribution in [0.2, 0.25) is 0 Å². The number of nitrogens with zero attached hydrogens (tertiary/aromatic N) is 4. The Labute approximate surface area is 77.0 Å². The van der Waals surface area contributed by atoms with E-state index in [0.717, 1.165) is 12.0 Å². The molecule has 0 saturated carbocycles. The molecular formula is C8H13N5. The summed E-state index contributed by atoms with van der Waals surface area (Å²) >= 11 is 0. The molecule has 0 aromatic carbocycles. The fraction of sp³-hybridized carbons (Fsp3) is 0.500. The normalized spacial score (nSPS) is 12.6. The van der Waals surface area contributed by atoms with E-state index in [1.165, 1.54) is 0 Å². The molecular weight excluding hydrogens is 166 g/mol. The molecule has 70 valence electrons. The lowest BCUT2D eigenvalue weighted by Gasteiger charge is -1.95. The van der Waals surface area contributed by atoms with Crippen molar-refractivity contribution in [3.63, 3.8) is 0 Å². The number of nitrogens with one attached hydrogen (secondary N) is 1. The molecule has 0 bridgehead atoms. The second-order valence-electron chi connectivity index (χ2n) is 2.58. The highest BCUT2D eigenvalue weighted by atomic mass is 15.5. The van der Waals surface area contributed by atoms with Crippen molar-refractivity contribution in [3.05, 3.63) is 17.5 Å². The Morgan fingerprint density at radius 1 is 1.62 bits per heavy atom. The van der Waals surface area contributed by atoms with Gasteiger partial charge < -0.3 is 0 Å². The van der Waals surface area contributed by atoms with Crippen molar-refractivity contribution in [2.24, 2.45) is 4.99 Å². The van der Waals surface area contributed by atoms with Gasteiger partial charge in [-0.05, 0) is 12.0 Å². The average molecular weight is 179 g/mol. The monoisotopic (exact) mass is 179 g/mol. The Balaban J connectivity index is 2.63. The van der Waals surface area contributed by atoms with Crippen LogP contribution in [0.15, 0.2) is 16.6 Å². The van der Waals surface area contributed by atoms with Crippen LogP contribution in [0.1, 0.15) is 19.2 Å². The number of aliphatic imine (C=N–C) groups is 1. The van der Waals surface area contributed by atoms with Crippen LogP contribution in [0, 0.1) is 0 Å². The first kappa shape index (κ1) is 9.57. The van der Waals surface area contributed by atoms with Gasteiger partial charge in [0.2, 0.25) is 0 Å². The zero-order chi connectivity index (χ0) is 9.52. The van der Waals surface area contributed by atoms with E-state index in [4.69, 9.17) is 0 Å². The maximum atomic E-state index is 3.96. The Morgan fingerprint density at radius 2 is 2.46 bits per heavy atom. The maximum Gasteiger partial charge on any atom is 0.178 e. The van der Waals surface area contributed by atoms with Gasteiger partial charge in [-0.15, -0.1) is 10.2 Å². The Hall–Kier alpha value is -1.52. The van der Waals surface area contributed by atoms with Gasteiger partial charge in [-0.1, -0.05) is 18.2 Å². The van der Waals surface area contributed by atoms with Crippen molar-refractivity contribution in [2.75, 3.05) is 7.05 Å². The summed E-state index contributed by atoms with van der Waals surface area (Å²) in [6, 6.07) is 0. The number of hydrogen-bond donors (Lipinski definition) is 1. The van der Waals surface area contributed by atoms with Crippen molar-refractivity contribution in [2.45, 2.75) is 19.8 Å². The summed E-state index contributed by atoms with van der Waals surface area (Å²) in [5.74, 6) is 0.694. The van der Waals surface area contributed by atoms with Crippen LogP contribution in [0.3, 0.4) is 0 Å². The van der Waals surface area contributed by atoms with Gasteiger partial charge in [-0.3, -0.25) is 4.99 Å². The molecule has 1 rings (SSSR count). The minimum absolute atomic E-state index is 0.682. The molecule has 1 aromatic rings. The largest absolute Gasteiger partial charge is 0.296 e. The van der Waals surface area contributed by atoms with Gasteiger partial charge in [0.05, 0.1) is 0 Å². The molecule has 0 amide bonds. The third-order valence-electron chi connectivity index (χ3n) is 1.51. The number of allylic oxidation sites excluding steroid dienone is 2. The van der Waals surface area contributed by atoms with E-state index >= 15 is 0 Å². The average Bonchev–Trinajstić information content (AvgIpc) is 2.58. The van der Waals surface area contributed by atoms with E-state index in [2.05, 4.69) is 38.6 Å². The summed E-state index contributed by atoms with van der Waals surface area (Å²) < 4.78 is 0. The molecule has 13 heavy (non-hydrogen) atoms. The predicted octanol–water partition coefficient (Wildman–Crippen LogP) is 0.779. The van der Waals surface area contributed by atoms with Crippen LogP contribution in [-0.2, 0) is 6.42 Å². The molecule has 0 spiro atoms. The summed E-state index contributed by atoms with van der Waals surface area (Å²) in [6.45, 7) is 2.08. The van der Waals surface area contributed by atoms with Crippen LogP contribution in [-0.4, -0.2) is 33.9 Å². The van der Waals surface area contributed by atoms with E-state index in [1.807, 2.05) is 6.21 Å². The van der Waals surface area contributed by atoms with Gasteiger partial charge in [-0.25, -0.2) is 0 Å². The molecule has 0 atom stereocenters. The molecule has 1 aromatic heterocycles. The summed E-state index contributed by atoms with van der Waals surface area (Å²) in [6.07, 6.45) is 5.59. The number of aromatic amines is 1. The van der Waals surface area contributed by atoms with E-state index in [9.17, 15) is 0 Å². The first-order chi connectivity index (χ1) is 6.36. The van der Waals surface area contributed by atoms with Gasteiger partial charge in [-0.2, -0.15) is 5.21 Å². The molecule has 1 N–H and O–H groups in total. The predicted molar refractivity (Wildman–Crippen MR) is 50.7 cm³/mol. The van der Waals surface area contributed by atoms with E-state index in [1.54, 1.807) is 7.05 Å². The third-order valence-corrected chi connectivity index (χ3v) is 1.51. The van der Waals surface area contributed by atoms with Crippen LogP contribution in [0.4, 0.5) is 0 Å². The molecule has 0 fully saturated rings. The van der Waals surface area contributed by atoms with Crippen molar-refractivity contribution in [1.29, 1.82) is 0 Å². The molecule has 0 radical (unpaired) electrons. The highest BCUT2D eigenvalue weighted by Crippen LogP contribution is 2.00. The minimum Gasteiger partial charge on any atom is -0.296 e. The number of H-pyrrole nitrogens is 1. The molecule has 0 aliphatic carbocycles. The highest BCUT2D eigenvalue weighted by Gasteiger charge is 2.00. The topological polar surface area (TPSA) is 66.8 Å². The SMILES string of the molecule is CC/C=C(\C=NC)Cc1nn[nH]n1. The summed E-state index contributed by atoms with van der Waals surface area (Å²) in [4.78, 5) is 3.96. The fourth-order valence-electron chi connectivity index (χ4n) is 1.04. The second-order valence-corrected chi connectivity index (χ2v) is 2.58. The van der Waals surface area contributed by atoms with Gasteiger partial charge >= 0.3 is 0 Å². The Kier molecular flexibility index (Phi) is 3.81. The molecule has 0 aliphatic rings. The summed E-state index contributed by atoms with van der Waals surface area (Å²) in [5, 5.41) is 13.6. The van der Waals surface area contributed by atoms with Crippen LogP contribution in [0.5, 0.6) is 0 Å². The third kappa shape index (κ3) is 3.14. The minimum atomic E-state index is 0.682. The van der Waals surface area contributed by atoms with E-state index in [-0.39, 0.29) is 0 Å². The summed E-state index contributed by atoms with van der Waals surface area (Å²) in [5.41, 5.74) is 1.12. The van der Waals surface area contributed by atoms with Crippen LogP contribution in [0.25, 0.3) is 0 Å². The highest BCUT2D eigenvalue weighted by molar-refractivity contribution is 5.78. The van der Waals surface area contributed by atoms with Crippen molar-refractivity contribution in [1.82, 2.24) is 20.6 Å². The number of rotatable bonds is 4. The molecule has 0 unspecified atom stereocenters. The maximum absolute atomic E-state index is 3.96. The Bertz CT molecular complexity index is 285. The fourth-order valence-corrected chi connectivity index (χ4v) is 1.04. The summed E-state index contributed by atoms with van der Waals surface area (Å²) in [7, 11) is 1.75. The van der Waals surface area contributed by atoms with E-state index < -0.39 is 0 Å². The van der Waals surface area contributed by atoms with Crippen molar-refractivity contribution < 1.29 is 0 Å².